The summed E-state index contributed by atoms with van der Waals surface area (Å²) >= 11 is 0. The molecule has 0 N–H and O–H groups in total. The van der Waals surface area contributed by atoms with E-state index < -0.39 is 0 Å². The van der Waals surface area contributed by atoms with Crippen molar-refractivity contribution in [2.75, 3.05) is 39.3 Å². The van der Waals surface area contributed by atoms with Crippen molar-refractivity contribution < 1.29 is 14.0 Å². The van der Waals surface area contributed by atoms with Crippen LogP contribution < -0.4 is 0 Å². The van der Waals surface area contributed by atoms with E-state index in [1.807, 2.05) is 49.6 Å². The predicted molar refractivity (Wildman–Crippen MR) is 99.4 cm³/mol. The summed E-state index contributed by atoms with van der Waals surface area (Å²) in [6, 6.07) is 4.00. The fourth-order valence-electron chi connectivity index (χ4n) is 4.31. The third-order valence-electron chi connectivity index (χ3n) is 5.54. The Kier molecular flexibility index (Phi) is 5.42. The second-order valence-electron chi connectivity index (χ2n) is 8.22. The summed E-state index contributed by atoms with van der Waals surface area (Å²) in [5, 5.41) is 0. The zero-order chi connectivity index (χ0) is 18.9. The molecular formula is C20H31N3O3. The van der Waals surface area contributed by atoms with Crippen LogP contribution in [0.2, 0.25) is 0 Å². The van der Waals surface area contributed by atoms with Gasteiger partial charge in [0.1, 0.15) is 11.5 Å². The van der Waals surface area contributed by atoms with E-state index in [0.717, 1.165) is 44.2 Å². The molecule has 6 heteroatoms. The van der Waals surface area contributed by atoms with Crippen LogP contribution in [0.1, 0.15) is 38.7 Å². The molecule has 3 heterocycles. The highest BCUT2D eigenvalue weighted by Crippen LogP contribution is 2.35. The number of furan rings is 1. The third kappa shape index (κ3) is 3.95. The molecule has 2 amide bonds. The molecule has 0 radical (unpaired) electrons. The maximum Gasteiger partial charge on any atom is 0.225 e. The van der Waals surface area contributed by atoms with Gasteiger partial charge < -0.3 is 14.2 Å². The van der Waals surface area contributed by atoms with Crippen LogP contribution in [0.15, 0.2) is 16.5 Å². The molecule has 26 heavy (non-hydrogen) atoms. The highest BCUT2D eigenvalue weighted by molar-refractivity contribution is 5.81. The summed E-state index contributed by atoms with van der Waals surface area (Å²) < 4.78 is 5.75. The summed E-state index contributed by atoms with van der Waals surface area (Å²) in [6.45, 7) is 13.0. The lowest BCUT2D eigenvalue weighted by molar-refractivity contribution is -0.135. The summed E-state index contributed by atoms with van der Waals surface area (Å²) in [5.41, 5.74) is -0.185. The molecule has 0 saturated carbocycles. The maximum atomic E-state index is 12.7. The van der Waals surface area contributed by atoms with Crippen molar-refractivity contribution in [2.24, 2.45) is 11.3 Å². The average molecular weight is 361 g/mol. The molecule has 0 aliphatic carbocycles. The minimum atomic E-state index is -0.185. The van der Waals surface area contributed by atoms with Crippen LogP contribution in [0.4, 0.5) is 0 Å². The number of carbonyl (C=O) groups excluding carboxylic acids is 2. The molecule has 2 saturated heterocycles. The summed E-state index contributed by atoms with van der Waals surface area (Å²) in [6.07, 6.45) is 0.524. The molecule has 0 bridgehead atoms. The second kappa shape index (κ2) is 7.43. The summed E-state index contributed by atoms with van der Waals surface area (Å²) in [5.74, 6) is 2.22. The average Bonchev–Trinajstić information content (AvgIpc) is 3.07. The Bertz CT molecular complexity index is 669. The van der Waals surface area contributed by atoms with Crippen molar-refractivity contribution in [1.29, 1.82) is 0 Å². The van der Waals surface area contributed by atoms with Gasteiger partial charge in [-0.25, -0.2) is 0 Å². The number of rotatable bonds is 4. The van der Waals surface area contributed by atoms with Crippen LogP contribution in [0.5, 0.6) is 0 Å². The number of carbonyl (C=O) groups is 2. The first-order valence-electron chi connectivity index (χ1n) is 9.66. The van der Waals surface area contributed by atoms with Crippen LogP contribution in [-0.4, -0.2) is 65.8 Å². The molecule has 1 aromatic heterocycles. The van der Waals surface area contributed by atoms with E-state index in [0.29, 0.717) is 19.5 Å². The summed E-state index contributed by atoms with van der Waals surface area (Å²) in [4.78, 5) is 31.4. The van der Waals surface area contributed by atoms with E-state index in [4.69, 9.17) is 4.42 Å². The predicted octanol–water partition coefficient (Wildman–Crippen LogP) is 2.13. The van der Waals surface area contributed by atoms with Gasteiger partial charge in [-0.3, -0.25) is 14.5 Å². The largest absolute Gasteiger partial charge is 0.465 e. The van der Waals surface area contributed by atoms with Gasteiger partial charge in [0, 0.05) is 57.0 Å². The van der Waals surface area contributed by atoms with E-state index in [1.54, 1.807) is 0 Å². The van der Waals surface area contributed by atoms with Gasteiger partial charge >= 0.3 is 0 Å². The maximum absolute atomic E-state index is 12.7. The molecule has 3 rings (SSSR count). The van der Waals surface area contributed by atoms with Gasteiger partial charge in [0.05, 0.1) is 6.54 Å². The Labute approximate surface area is 156 Å². The lowest BCUT2D eigenvalue weighted by Crippen LogP contribution is -2.45. The molecule has 2 aliphatic rings. The van der Waals surface area contributed by atoms with Gasteiger partial charge in [-0.2, -0.15) is 0 Å². The van der Waals surface area contributed by atoms with Gasteiger partial charge in [0.2, 0.25) is 11.8 Å². The van der Waals surface area contributed by atoms with Crippen LogP contribution in [0, 0.1) is 18.3 Å². The highest BCUT2D eigenvalue weighted by Gasteiger charge is 2.46. The number of hydrogen-bond acceptors (Lipinski definition) is 4. The fraction of sp³-hybridized carbons (Fsp3) is 0.700. The Hall–Kier alpha value is -1.82. The van der Waals surface area contributed by atoms with E-state index in [9.17, 15) is 9.59 Å². The number of hydrogen-bond donors (Lipinski definition) is 0. The Morgan fingerprint density at radius 1 is 1.23 bits per heavy atom. The smallest absolute Gasteiger partial charge is 0.225 e. The van der Waals surface area contributed by atoms with Crippen LogP contribution >= 0.6 is 0 Å². The van der Waals surface area contributed by atoms with Crippen LogP contribution in [0.3, 0.4) is 0 Å². The first-order valence-corrected chi connectivity index (χ1v) is 9.66. The van der Waals surface area contributed by atoms with Crippen molar-refractivity contribution in [2.45, 2.75) is 40.7 Å². The Morgan fingerprint density at radius 3 is 2.58 bits per heavy atom. The zero-order valence-corrected chi connectivity index (χ0v) is 16.5. The summed E-state index contributed by atoms with van der Waals surface area (Å²) in [7, 11) is 0. The van der Waals surface area contributed by atoms with E-state index in [2.05, 4.69) is 4.90 Å². The molecule has 6 nitrogen and oxygen atoms in total. The number of amides is 2. The topological polar surface area (TPSA) is 57.0 Å². The SMILES string of the molecule is CCN1C[C@]2(CC1=O)CN(Cc1ccc(C)o1)CCN(C(=O)C(C)C)C2. The molecule has 2 aliphatic heterocycles. The fourth-order valence-corrected chi connectivity index (χ4v) is 4.31. The molecule has 0 aromatic carbocycles. The van der Waals surface area contributed by atoms with E-state index in [1.165, 1.54) is 0 Å². The minimum Gasteiger partial charge on any atom is -0.465 e. The number of likely N-dealkylation sites (tertiary alicyclic amines) is 1. The van der Waals surface area contributed by atoms with Gasteiger partial charge in [-0.05, 0) is 26.0 Å². The number of aryl methyl sites for hydroxylation is 1. The molecule has 2 fully saturated rings. The molecule has 0 unspecified atom stereocenters. The van der Waals surface area contributed by atoms with E-state index in [-0.39, 0.29) is 23.1 Å². The van der Waals surface area contributed by atoms with Crippen LogP contribution in [0.25, 0.3) is 0 Å². The van der Waals surface area contributed by atoms with E-state index >= 15 is 0 Å². The molecule has 1 atom stereocenters. The van der Waals surface area contributed by atoms with Crippen molar-refractivity contribution in [3.8, 4) is 0 Å². The lowest BCUT2D eigenvalue weighted by atomic mass is 9.85. The van der Waals surface area contributed by atoms with Crippen molar-refractivity contribution in [3.05, 3.63) is 23.7 Å². The van der Waals surface area contributed by atoms with Gasteiger partial charge in [0.25, 0.3) is 0 Å². The van der Waals surface area contributed by atoms with Gasteiger partial charge in [-0.1, -0.05) is 13.8 Å². The van der Waals surface area contributed by atoms with Crippen molar-refractivity contribution >= 4 is 11.8 Å². The molecular weight excluding hydrogens is 330 g/mol. The van der Waals surface area contributed by atoms with Gasteiger partial charge in [0.15, 0.2) is 0 Å². The lowest BCUT2D eigenvalue weighted by Gasteiger charge is -2.34. The number of nitrogens with zero attached hydrogens (tertiary/aromatic N) is 3. The van der Waals surface area contributed by atoms with Crippen molar-refractivity contribution in [3.63, 3.8) is 0 Å². The first-order chi connectivity index (χ1) is 12.3. The standard InChI is InChI=1S/C20H31N3O3/c1-5-22-13-20(10-18(22)24)12-21(11-17-7-6-16(4)26-17)8-9-23(14-20)19(25)15(2)3/h6-7,15H,5,8-14H2,1-4H3/t20-/m0/s1. The normalized spacial score (nSPS) is 24.7. The van der Waals surface area contributed by atoms with Gasteiger partial charge in [-0.15, -0.1) is 0 Å². The zero-order valence-electron chi connectivity index (χ0n) is 16.5. The molecule has 144 valence electrons. The quantitative estimate of drug-likeness (QED) is 0.824. The monoisotopic (exact) mass is 361 g/mol. The second-order valence-corrected chi connectivity index (χ2v) is 8.22. The molecule has 1 spiro atoms. The molecule has 1 aromatic rings. The first kappa shape index (κ1) is 19.0. The van der Waals surface area contributed by atoms with Crippen molar-refractivity contribution in [1.82, 2.24) is 14.7 Å². The highest BCUT2D eigenvalue weighted by atomic mass is 16.3. The van der Waals surface area contributed by atoms with Crippen LogP contribution in [-0.2, 0) is 16.1 Å². The third-order valence-corrected chi connectivity index (χ3v) is 5.54. The Morgan fingerprint density at radius 2 is 2.00 bits per heavy atom. The Balaban J connectivity index is 1.82. The minimum absolute atomic E-state index is 0.0225.